The summed E-state index contributed by atoms with van der Waals surface area (Å²) in [5.74, 6) is 0.837. The number of aliphatic hydroxyl groups excluding tert-OH is 1. The lowest BCUT2D eigenvalue weighted by Gasteiger charge is -2.25. The van der Waals surface area contributed by atoms with Crippen LogP contribution in [0.5, 0.6) is 0 Å². The fourth-order valence-corrected chi connectivity index (χ4v) is 4.22. The molecule has 2 bridgehead atoms. The first-order valence-corrected chi connectivity index (χ1v) is 7.41. The van der Waals surface area contributed by atoms with Crippen LogP contribution in [0.25, 0.3) is 0 Å². The van der Waals surface area contributed by atoms with Gasteiger partial charge in [-0.25, -0.2) is 0 Å². The van der Waals surface area contributed by atoms with Gasteiger partial charge in [0, 0.05) is 16.1 Å². The summed E-state index contributed by atoms with van der Waals surface area (Å²) in [6.07, 6.45) is 4.68. The minimum absolute atomic E-state index is 0.0198. The van der Waals surface area contributed by atoms with Crippen LogP contribution in [0.4, 0.5) is 5.69 Å². The van der Waals surface area contributed by atoms with E-state index in [1.165, 1.54) is 0 Å². The summed E-state index contributed by atoms with van der Waals surface area (Å²) in [6, 6.07) is 7.55. The van der Waals surface area contributed by atoms with Gasteiger partial charge in [0.25, 0.3) is 0 Å². The highest BCUT2D eigenvalue weighted by Gasteiger charge is 2.59. The number of aliphatic hydroxyl groups is 1. The van der Waals surface area contributed by atoms with Crippen LogP contribution < -0.4 is 4.90 Å². The van der Waals surface area contributed by atoms with Crippen molar-refractivity contribution in [1.82, 2.24) is 0 Å². The number of benzene rings is 1. The molecule has 0 aromatic heterocycles. The summed E-state index contributed by atoms with van der Waals surface area (Å²) < 4.78 is 0.972. The highest BCUT2D eigenvalue weighted by atomic mass is 79.9. The van der Waals surface area contributed by atoms with E-state index in [2.05, 4.69) is 28.1 Å². The van der Waals surface area contributed by atoms with Crippen molar-refractivity contribution >= 4 is 27.5 Å². The third-order valence-corrected chi connectivity index (χ3v) is 5.29. The summed E-state index contributed by atoms with van der Waals surface area (Å²) in [5, 5.41) is 10.5. The molecule has 1 N–H and O–H groups in total. The smallest absolute Gasteiger partial charge is 0.233 e. The van der Waals surface area contributed by atoms with Crippen molar-refractivity contribution in [2.45, 2.75) is 12.6 Å². The van der Waals surface area contributed by atoms with Gasteiger partial charge in [-0.2, -0.15) is 0 Å². The maximum absolute atomic E-state index is 12.6. The Morgan fingerprint density at radius 2 is 1.84 bits per heavy atom. The van der Waals surface area contributed by atoms with E-state index >= 15 is 0 Å². The molecule has 1 saturated heterocycles. The fourth-order valence-electron chi connectivity index (χ4n) is 3.96. The van der Waals surface area contributed by atoms with E-state index in [1.807, 2.05) is 24.3 Å². The normalized spacial score (nSPS) is 39.2. The van der Waals surface area contributed by atoms with Gasteiger partial charge in [0.05, 0.1) is 5.92 Å². The quantitative estimate of drug-likeness (QED) is 0.808. The van der Waals surface area contributed by atoms with E-state index in [-0.39, 0.29) is 17.7 Å². The number of nitrogens with zero attached hydrogens (tertiary/aromatic N) is 1. The van der Waals surface area contributed by atoms with Crippen LogP contribution in [0, 0.1) is 23.7 Å². The average Bonchev–Trinajstić information content (AvgIpc) is 3.06. The molecule has 4 heteroatoms. The van der Waals surface area contributed by atoms with Crippen molar-refractivity contribution in [2.24, 2.45) is 23.7 Å². The number of fused-ring (bicyclic) bond motifs is 5. The minimum Gasteiger partial charge on any atom is -0.373 e. The lowest BCUT2D eigenvalue weighted by atomic mass is 9.85. The number of amides is 1. The standard InChI is InChI=1S/C15H14BrNO2/c16-10-3-5-11(6-4-10)17-14(18)12-8-1-2-9(7-8)13(12)15(17)19/h1-6,8-9,12-14,18H,7H2/t8-,9+,12-,13+,14+/m0/s1. The van der Waals surface area contributed by atoms with E-state index in [1.54, 1.807) is 4.90 Å². The van der Waals surface area contributed by atoms with Crippen LogP contribution >= 0.6 is 15.9 Å². The van der Waals surface area contributed by atoms with Crippen molar-refractivity contribution < 1.29 is 9.90 Å². The van der Waals surface area contributed by atoms with Crippen molar-refractivity contribution in [1.29, 1.82) is 0 Å². The first-order chi connectivity index (χ1) is 9.16. The molecule has 0 unspecified atom stereocenters. The van der Waals surface area contributed by atoms with Crippen LogP contribution in [-0.4, -0.2) is 17.2 Å². The van der Waals surface area contributed by atoms with Crippen molar-refractivity contribution in [3.05, 3.63) is 40.9 Å². The Labute approximate surface area is 120 Å². The van der Waals surface area contributed by atoms with Gasteiger partial charge in [-0.15, -0.1) is 0 Å². The summed E-state index contributed by atoms with van der Waals surface area (Å²) >= 11 is 3.39. The Kier molecular flexibility index (Phi) is 2.42. The van der Waals surface area contributed by atoms with E-state index in [9.17, 15) is 9.90 Å². The lowest BCUT2D eigenvalue weighted by Crippen LogP contribution is -2.36. The van der Waals surface area contributed by atoms with Gasteiger partial charge in [0.2, 0.25) is 5.91 Å². The number of allylic oxidation sites excluding steroid dienone is 2. The molecule has 4 rings (SSSR count). The van der Waals surface area contributed by atoms with Crippen LogP contribution in [0.3, 0.4) is 0 Å². The van der Waals surface area contributed by atoms with Crippen molar-refractivity contribution in [2.75, 3.05) is 4.90 Å². The van der Waals surface area contributed by atoms with Gasteiger partial charge in [-0.3, -0.25) is 9.69 Å². The SMILES string of the molecule is O=C1[C@H]2[C@@H]([C@@H](O)N1c1ccc(Br)cc1)[C@H]1C=C[C@@H]2C1. The zero-order valence-electron chi connectivity index (χ0n) is 10.2. The number of halogens is 1. The highest BCUT2D eigenvalue weighted by molar-refractivity contribution is 9.10. The lowest BCUT2D eigenvalue weighted by molar-refractivity contribution is -0.121. The molecule has 1 aliphatic heterocycles. The van der Waals surface area contributed by atoms with Crippen LogP contribution in [0.1, 0.15) is 6.42 Å². The highest BCUT2D eigenvalue weighted by Crippen LogP contribution is 2.54. The average molecular weight is 320 g/mol. The number of rotatable bonds is 1. The Morgan fingerprint density at radius 3 is 2.53 bits per heavy atom. The largest absolute Gasteiger partial charge is 0.373 e. The van der Waals surface area contributed by atoms with Crippen molar-refractivity contribution in [3.8, 4) is 0 Å². The van der Waals surface area contributed by atoms with Crippen LogP contribution in [0.2, 0.25) is 0 Å². The Bertz CT molecular complexity index is 568. The number of carbonyl (C=O) groups excluding carboxylic acids is 1. The maximum Gasteiger partial charge on any atom is 0.233 e. The second kappa shape index (κ2) is 3.93. The Balaban J connectivity index is 1.72. The van der Waals surface area contributed by atoms with Crippen molar-refractivity contribution in [3.63, 3.8) is 0 Å². The molecule has 3 nitrogen and oxygen atoms in total. The molecule has 1 saturated carbocycles. The second-order valence-corrected chi connectivity index (χ2v) is 6.57. The monoisotopic (exact) mass is 319 g/mol. The summed E-state index contributed by atoms with van der Waals surface area (Å²) in [5.41, 5.74) is 0.787. The zero-order valence-corrected chi connectivity index (χ0v) is 11.8. The van der Waals surface area contributed by atoms with Gasteiger partial charge >= 0.3 is 0 Å². The fraction of sp³-hybridized carbons (Fsp3) is 0.400. The predicted octanol–water partition coefficient (Wildman–Crippen LogP) is 2.55. The van der Waals surface area contributed by atoms with Crippen LogP contribution in [0.15, 0.2) is 40.9 Å². The molecule has 2 aliphatic carbocycles. The molecule has 2 fully saturated rings. The molecular weight excluding hydrogens is 306 g/mol. The molecule has 1 amide bonds. The second-order valence-electron chi connectivity index (χ2n) is 5.65. The molecule has 3 aliphatic rings. The number of anilines is 1. The van der Waals surface area contributed by atoms with Gasteiger partial charge < -0.3 is 5.11 Å². The Hall–Kier alpha value is -1.13. The first-order valence-electron chi connectivity index (χ1n) is 6.62. The van der Waals surface area contributed by atoms with E-state index < -0.39 is 6.23 Å². The molecule has 98 valence electrons. The third-order valence-electron chi connectivity index (χ3n) is 4.76. The topological polar surface area (TPSA) is 40.5 Å². The summed E-state index contributed by atoms with van der Waals surface area (Å²) in [4.78, 5) is 14.2. The number of hydrogen-bond donors (Lipinski definition) is 1. The molecule has 0 radical (unpaired) electrons. The molecule has 1 heterocycles. The molecule has 0 spiro atoms. The van der Waals surface area contributed by atoms with Gasteiger partial charge in [-0.05, 0) is 42.5 Å². The summed E-state index contributed by atoms with van der Waals surface area (Å²) in [7, 11) is 0. The first kappa shape index (κ1) is 11.7. The molecule has 5 atom stereocenters. The molecular formula is C15H14BrNO2. The van der Waals surface area contributed by atoms with E-state index in [0.717, 1.165) is 16.6 Å². The third kappa shape index (κ3) is 1.50. The molecule has 1 aromatic carbocycles. The Morgan fingerprint density at radius 1 is 1.16 bits per heavy atom. The zero-order chi connectivity index (χ0) is 13.1. The van der Waals surface area contributed by atoms with Gasteiger partial charge in [0.1, 0.15) is 6.23 Å². The number of carbonyl (C=O) groups is 1. The van der Waals surface area contributed by atoms with Crippen LogP contribution in [-0.2, 0) is 4.79 Å². The molecule has 1 aromatic rings. The van der Waals surface area contributed by atoms with Gasteiger partial charge in [0.15, 0.2) is 0 Å². The molecule has 19 heavy (non-hydrogen) atoms. The number of hydrogen-bond acceptors (Lipinski definition) is 2. The van der Waals surface area contributed by atoms with E-state index in [0.29, 0.717) is 11.8 Å². The maximum atomic E-state index is 12.6. The predicted molar refractivity (Wildman–Crippen MR) is 75.4 cm³/mol. The van der Waals surface area contributed by atoms with E-state index in [4.69, 9.17) is 0 Å². The van der Waals surface area contributed by atoms with Gasteiger partial charge in [-0.1, -0.05) is 28.1 Å². The summed E-state index contributed by atoms with van der Waals surface area (Å²) in [6.45, 7) is 0. The minimum atomic E-state index is -0.682.